The van der Waals surface area contributed by atoms with Gasteiger partial charge in [0.15, 0.2) is 0 Å². The maximum absolute atomic E-state index is 12.7. The molecule has 2 heterocycles. The van der Waals surface area contributed by atoms with E-state index in [1.165, 1.54) is 0 Å². The molecule has 2 aliphatic heterocycles. The van der Waals surface area contributed by atoms with Crippen molar-refractivity contribution in [1.29, 1.82) is 0 Å². The van der Waals surface area contributed by atoms with Crippen molar-refractivity contribution >= 4 is 28.9 Å². The number of hydrogen-bond acceptors (Lipinski definition) is 3. The van der Waals surface area contributed by atoms with Crippen LogP contribution < -0.4 is 15.1 Å². The molecule has 0 saturated carbocycles. The predicted octanol–water partition coefficient (Wildman–Crippen LogP) is 2.84. The molecule has 0 aromatic heterocycles. The van der Waals surface area contributed by atoms with Gasteiger partial charge in [0.2, 0.25) is 5.91 Å². The van der Waals surface area contributed by atoms with Gasteiger partial charge in [0.25, 0.3) is 5.91 Å². The van der Waals surface area contributed by atoms with E-state index in [0.29, 0.717) is 12.0 Å². The van der Waals surface area contributed by atoms with E-state index < -0.39 is 0 Å². The molecule has 0 saturated heterocycles. The average Bonchev–Trinajstić information content (AvgIpc) is 2.93. The summed E-state index contributed by atoms with van der Waals surface area (Å²) in [6.45, 7) is 0.794. The molecule has 5 heteroatoms. The minimum absolute atomic E-state index is 0.131. The van der Waals surface area contributed by atoms with Crippen LogP contribution in [0.25, 0.3) is 0 Å². The normalized spacial score (nSPS) is 15.1. The summed E-state index contributed by atoms with van der Waals surface area (Å²) >= 11 is 0. The number of aryl methyl sites for hydroxylation is 1. The molecule has 25 heavy (non-hydrogen) atoms. The van der Waals surface area contributed by atoms with Crippen LogP contribution in [0.2, 0.25) is 0 Å². The van der Waals surface area contributed by atoms with Crippen molar-refractivity contribution in [2.75, 3.05) is 35.8 Å². The van der Waals surface area contributed by atoms with Gasteiger partial charge >= 0.3 is 0 Å². The number of nitrogens with one attached hydrogen (secondary N) is 1. The highest BCUT2D eigenvalue weighted by Crippen LogP contribution is 2.37. The van der Waals surface area contributed by atoms with E-state index in [0.717, 1.165) is 47.6 Å². The topological polar surface area (TPSA) is 52.7 Å². The van der Waals surface area contributed by atoms with Gasteiger partial charge < -0.3 is 15.1 Å². The number of carbonyl (C=O) groups is 2. The molecule has 1 N–H and O–H groups in total. The minimum Gasteiger partial charge on any atom is -0.378 e. The van der Waals surface area contributed by atoms with Crippen molar-refractivity contribution in [3.63, 3.8) is 0 Å². The van der Waals surface area contributed by atoms with Crippen molar-refractivity contribution in [2.24, 2.45) is 0 Å². The average molecular weight is 335 g/mol. The van der Waals surface area contributed by atoms with Crippen molar-refractivity contribution in [2.45, 2.75) is 19.3 Å². The first-order valence-electron chi connectivity index (χ1n) is 8.58. The molecule has 0 aliphatic carbocycles. The van der Waals surface area contributed by atoms with E-state index in [1.54, 1.807) is 0 Å². The Bertz CT molecular complexity index is 856. The van der Waals surface area contributed by atoms with Gasteiger partial charge in [-0.3, -0.25) is 9.59 Å². The molecule has 0 bridgehead atoms. The second kappa shape index (κ2) is 5.92. The number of anilines is 3. The summed E-state index contributed by atoms with van der Waals surface area (Å²) in [4.78, 5) is 28.7. The zero-order valence-electron chi connectivity index (χ0n) is 14.5. The quantitative estimate of drug-likeness (QED) is 0.938. The van der Waals surface area contributed by atoms with Crippen LogP contribution in [-0.4, -0.2) is 32.5 Å². The number of nitrogens with zero attached hydrogens (tertiary/aromatic N) is 2. The summed E-state index contributed by atoms with van der Waals surface area (Å²) in [5.41, 5.74) is 5.61. The lowest BCUT2D eigenvalue weighted by Gasteiger charge is -2.25. The fourth-order valence-corrected chi connectivity index (χ4v) is 3.66. The zero-order valence-corrected chi connectivity index (χ0v) is 14.5. The highest BCUT2D eigenvalue weighted by molar-refractivity contribution is 6.08. The van der Waals surface area contributed by atoms with Gasteiger partial charge in [-0.2, -0.15) is 0 Å². The number of amides is 2. The fourth-order valence-electron chi connectivity index (χ4n) is 3.66. The Kier molecular flexibility index (Phi) is 3.71. The number of benzene rings is 2. The highest BCUT2D eigenvalue weighted by atomic mass is 16.2. The summed E-state index contributed by atoms with van der Waals surface area (Å²) in [6, 6.07) is 11.5. The van der Waals surface area contributed by atoms with Gasteiger partial charge in [-0.15, -0.1) is 0 Å². The smallest absolute Gasteiger partial charge is 0.255 e. The molecule has 2 amide bonds. The molecule has 128 valence electrons. The molecule has 4 rings (SSSR count). The summed E-state index contributed by atoms with van der Waals surface area (Å²) in [6.07, 6.45) is 2.28. The summed E-state index contributed by atoms with van der Waals surface area (Å²) < 4.78 is 0. The number of hydrogen-bond donors (Lipinski definition) is 1. The first-order chi connectivity index (χ1) is 12.0. The lowest BCUT2D eigenvalue weighted by atomic mass is 9.96. The van der Waals surface area contributed by atoms with Crippen LogP contribution >= 0.6 is 0 Å². The number of rotatable bonds is 3. The van der Waals surface area contributed by atoms with Crippen LogP contribution in [-0.2, 0) is 17.6 Å². The molecule has 0 atom stereocenters. The minimum atomic E-state index is -0.131. The van der Waals surface area contributed by atoms with Crippen LogP contribution in [0.1, 0.15) is 27.9 Å². The van der Waals surface area contributed by atoms with Gasteiger partial charge in [-0.25, -0.2) is 0 Å². The van der Waals surface area contributed by atoms with Gasteiger partial charge in [-0.1, -0.05) is 0 Å². The molecular formula is C20H21N3O2. The fraction of sp³-hybridized carbons (Fsp3) is 0.300. The standard InChI is InChI=1S/C20H21N3O2/c1-22(2)17-7-5-16(6-8-17)21-20(25)15-10-13-4-3-9-23-18(24)12-14(11-15)19(13)23/h5-8,10-11H,3-4,9,12H2,1-2H3,(H,21,25). The van der Waals surface area contributed by atoms with E-state index in [2.05, 4.69) is 5.32 Å². The predicted molar refractivity (Wildman–Crippen MR) is 99.5 cm³/mol. The second-order valence-corrected chi connectivity index (χ2v) is 6.86. The molecule has 0 fully saturated rings. The Balaban J connectivity index is 1.59. The Hall–Kier alpha value is -2.82. The third-order valence-electron chi connectivity index (χ3n) is 4.91. The first-order valence-corrected chi connectivity index (χ1v) is 8.58. The third-order valence-corrected chi connectivity index (χ3v) is 4.91. The molecule has 2 aliphatic rings. The molecule has 0 spiro atoms. The van der Waals surface area contributed by atoms with E-state index >= 15 is 0 Å². The van der Waals surface area contributed by atoms with Crippen LogP contribution in [0.15, 0.2) is 36.4 Å². The van der Waals surface area contributed by atoms with Crippen molar-refractivity contribution in [1.82, 2.24) is 0 Å². The van der Waals surface area contributed by atoms with Gasteiger partial charge in [0, 0.05) is 37.6 Å². The Morgan fingerprint density at radius 1 is 1.12 bits per heavy atom. The largest absolute Gasteiger partial charge is 0.378 e. The van der Waals surface area contributed by atoms with Crippen molar-refractivity contribution < 1.29 is 9.59 Å². The van der Waals surface area contributed by atoms with Crippen LogP contribution in [0.5, 0.6) is 0 Å². The zero-order chi connectivity index (χ0) is 17.6. The Morgan fingerprint density at radius 2 is 1.84 bits per heavy atom. The van der Waals surface area contributed by atoms with Crippen LogP contribution in [0.3, 0.4) is 0 Å². The van der Waals surface area contributed by atoms with E-state index in [9.17, 15) is 9.59 Å². The van der Waals surface area contributed by atoms with Crippen molar-refractivity contribution in [3.05, 3.63) is 53.1 Å². The second-order valence-electron chi connectivity index (χ2n) is 6.86. The lowest BCUT2D eigenvalue weighted by molar-refractivity contribution is -0.117. The molecule has 2 aromatic carbocycles. The lowest BCUT2D eigenvalue weighted by Crippen LogP contribution is -2.31. The van der Waals surface area contributed by atoms with Crippen molar-refractivity contribution in [3.8, 4) is 0 Å². The third kappa shape index (κ3) is 2.76. The van der Waals surface area contributed by atoms with Gasteiger partial charge in [-0.05, 0) is 60.4 Å². The van der Waals surface area contributed by atoms with E-state index in [1.807, 2.05) is 60.3 Å². The summed E-state index contributed by atoms with van der Waals surface area (Å²) in [5.74, 6) is 0.0147. The first kappa shape index (κ1) is 15.7. The maximum Gasteiger partial charge on any atom is 0.255 e. The maximum atomic E-state index is 12.7. The molecule has 0 unspecified atom stereocenters. The Morgan fingerprint density at radius 3 is 2.56 bits per heavy atom. The highest BCUT2D eigenvalue weighted by Gasteiger charge is 2.32. The van der Waals surface area contributed by atoms with Gasteiger partial charge in [0.05, 0.1) is 12.1 Å². The molecule has 5 nitrogen and oxygen atoms in total. The molecule has 2 aromatic rings. The SMILES string of the molecule is CN(C)c1ccc(NC(=O)c2cc3c4c(c2)CC(=O)N4CCC3)cc1. The Labute approximate surface area is 147 Å². The summed E-state index contributed by atoms with van der Waals surface area (Å²) in [7, 11) is 3.96. The van der Waals surface area contributed by atoms with E-state index in [-0.39, 0.29) is 11.8 Å². The van der Waals surface area contributed by atoms with Crippen LogP contribution in [0, 0.1) is 0 Å². The monoisotopic (exact) mass is 335 g/mol. The van der Waals surface area contributed by atoms with Gasteiger partial charge in [0.1, 0.15) is 0 Å². The number of carbonyl (C=O) groups excluding carboxylic acids is 2. The van der Waals surface area contributed by atoms with Crippen LogP contribution in [0.4, 0.5) is 17.1 Å². The molecule has 0 radical (unpaired) electrons. The van der Waals surface area contributed by atoms with E-state index in [4.69, 9.17) is 0 Å². The molecular weight excluding hydrogens is 314 g/mol. The summed E-state index contributed by atoms with van der Waals surface area (Å²) in [5, 5.41) is 2.95.